The molecule has 2 amide bonds. The van der Waals surface area contributed by atoms with Crippen molar-refractivity contribution in [2.24, 2.45) is 5.92 Å². The van der Waals surface area contributed by atoms with E-state index >= 15 is 0 Å². The van der Waals surface area contributed by atoms with Gasteiger partial charge in [-0.15, -0.1) is 0 Å². The lowest BCUT2D eigenvalue weighted by Crippen LogP contribution is -2.42. The lowest BCUT2D eigenvalue weighted by Gasteiger charge is -2.25. The van der Waals surface area contributed by atoms with Crippen molar-refractivity contribution in [1.82, 2.24) is 4.90 Å². The monoisotopic (exact) mass is 342 g/mol. The molecule has 0 bridgehead atoms. The maximum absolute atomic E-state index is 12.9. The summed E-state index contributed by atoms with van der Waals surface area (Å²) in [6, 6.07) is 12.8. The van der Waals surface area contributed by atoms with E-state index in [2.05, 4.69) is 5.32 Å². The lowest BCUT2D eigenvalue weighted by atomic mass is 10.0. The van der Waals surface area contributed by atoms with Gasteiger partial charge in [0.2, 0.25) is 11.8 Å². The second-order valence-corrected chi connectivity index (χ2v) is 6.16. The van der Waals surface area contributed by atoms with Gasteiger partial charge in [-0.05, 0) is 37.6 Å². The molecule has 1 saturated heterocycles. The van der Waals surface area contributed by atoms with Crippen LogP contribution in [0.2, 0.25) is 0 Å². The van der Waals surface area contributed by atoms with Gasteiger partial charge in [-0.1, -0.05) is 18.2 Å². The Morgan fingerprint density at radius 2 is 2.00 bits per heavy atom. The Bertz CT molecular complexity index is 699. The van der Waals surface area contributed by atoms with E-state index in [1.165, 1.54) is 4.90 Å². The number of hydrogen-bond donors (Lipinski definition) is 1. The molecular weight excluding hydrogens is 320 g/mol. The Kier molecular flexibility index (Phi) is 5.50. The van der Waals surface area contributed by atoms with Crippen molar-refractivity contribution in [1.29, 1.82) is 0 Å². The SMILES string of the molecule is C[C@H]1OCC[C@H]1C(=O)N(CC(=O)Nc1ccccc1)Cc1ccco1. The zero-order valence-corrected chi connectivity index (χ0v) is 14.2. The number of nitrogens with zero attached hydrogens (tertiary/aromatic N) is 1. The number of carbonyl (C=O) groups is 2. The summed E-state index contributed by atoms with van der Waals surface area (Å²) in [6.45, 7) is 2.70. The number of hydrogen-bond acceptors (Lipinski definition) is 4. The Morgan fingerprint density at radius 3 is 2.64 bits per heavy atom. The summed E-state index contributed by atoms with van der Waals surface area (Å²) in [5.74, 6) is 0.106. The molecule has 1 fully saturated rings. The molecule has 0 saturated carbocycles. The summed E-state index contributed by atoms with van der Waals surface area (Å²) in [4.78, 5) is 26.8. The molecule has 6 heteroatoms. The smallest absolute Gasteiger partial charge is 0.244 e. The lowest BCUT2D eigenvalue weighted by molar-refractivity contribution is -0.140. The number of rotatable bonds is 6. The van der Waals surface area contributed by atoms with E-state index in [-0.39, 0.29) is 36.9 Å². The van der Waals surface area contributed by atoms with Gasteiger partial charge >= 0.3 is 0 Å². The fraction of sp³-hybridized carbons (Fsp3) is 0.368. The zero-order chi connectivity index (χ0) is 17.6. The molecule has 0 spiro atoms. The predicted molar refractivity (Wildman–Crippen MR) is 92.7 cm³/mol. The van der Waals surface area contributed by atoms with Crippen LogP contribution in [0.4, 0.5) is 5.69 Å². The molecule has 2 atom stereocenters. The molecule has 1 aromatic heterocycles. The third kappa shape index (κ3) is 4.48. The van der Waals surface area contributed by atoms with Gasteiger partial charge in [0.1, 0.15) is 12.3 Å². The summed E-state index contributed by atoms with van der Waals surface area (Å²) < 4.78 is 10.8. The molecule has 1 aliphatic heterocycles. The minimum absolute atomic E-state index is 0.0301. The van der Waals surface area contributed by atoms with Crippen LogP contribution >= 0.6 is 0 Å². The van der Waals surface area contributed by atoms with Crippen molar-refractivity contribution in [3.8, 4) is 0 Å². The molecule has 1 aliphatic rings. The number of anilines is 1. The fourth-order valence-electron chi connectivity index (χ4n) is 2.99. The Morgan fingerprint density at radius 1 is 1.20 bits per heavy atom. The third-order valence-electron chi connectivity index (χ3n) is 4.32. The highest BCUT2D eigenvalue weighted by Gasteiger charge is 2.34. The predicted octanol–water partition coefficient (Wildman–Crippen LogP) is 2.67. The zero-order valence-electron chi connectivity index (χ0n) is 14.2. The van der Waals surface area contributed by atoms with Gasteiger partial charge in [0.15, 0.2) is 0 Å². The topological polar surface area (TPSA) is 71.8 Å². The van der Waals surface area contributed by atoms with Crippen LogP contribution in [0.15, 0.2) is 53.1 Å². The van der Waals surface area contributed by atoms with Crippen LogP contribution in [0.1, 0.15) is 19.1 Å². The van der Waals surface area contributed by atoms with E-state index in [0.717, 1.165) is 0 Å². The summed E-state index contributed by atoms with van der Waals surface area (Å²) in [5.41, 5.74) is 0.704. The van der Waals surface area contributed by atoms with E-state index in [9.17, 15) is 9.59 Å². The van der Waals surface area contributed by atoms with Crippen LogP contribution in [0.3, 0.4) is 0 Å². The van der Waals surface area contributed by atoms with Crippen LogP contribution < -0.4 is 5.32 Å². The molecule has 25 heavy (non-hydrogen) atoms. The van der Waals surface area contributed by atoms with Gasteiger partial charge in [-0.2, -0.15) is 0 Å². The minimum atomic E-state index is -0.238. The van der Waals surface area contributed by atoms with Gasteiger partial charge < -0.3 is 19.4 Å². The Balaban J connectivity index is 1.69. The first-order valence-electron chi connectivity index (χ1n) is 8.41. The molecule has 0 unspecified atom stereocenters. The highest BCUT2D eigenvalue weighted by Crippen LogP contribution is 2.23. The first kappa shape index (κ1) is 17.2. The van der Waals surface area contributed by atoms with Crippen molar-refractivity contribution in [2.45, 2.75) is 26.0 Å². The summed E-state index contributed by atoms with van der Waals surface area (Å²) >= 11 is 0. The molecule has 3 rings (SSSR count). The maximum Gasteiger partial charge on any atom is 0.244 e. The maximum atomic E-state index is 12.9. The molecule has 0 aliphatic carbocycles. The number of para-hydroxylation sites is 1. The molecule has 6 nitrogen and oxygen atoms in total. The average Bonchev–Trinajstić information content (AvgIpc) is 3.26. The van der Waals surface area contributed by atoms with E-state index in [4.69, 9.17) is 9.15 Å². The molecule has 2 aromatic rings. The Labute approximate surface area is 146 Å². The van der Waals surface area contributed by atoms with Gasteiger partial charge in [-0.3, -0.25) is 9.59 Å². The standard InChI is InChI=1S/C19H22N2O4/c1-14-17(9-11-24-14)19(23)21(12-16-8-5-10-25-16)13-18(22)20-15-6-3-2-4-7-15/h2-8,10,14,17H,9,11-13H2,1H3,(H,20,22)/t14-,17-/m1/s1. The van der Waals surface area contributed by atoms with Crippen molar-refractivity contribution >= 4 is 17.5 Å². The normalized spacial score (nSPS) is 19.6. The Hall–Kier alpha value is -2.60. The van der Waals surface area contributed by atoms with Crippen molar-refractivity contribution < 1.29 is 18.7 Å². The summed E-state index contributed by atoms with van der Waals surface area (Å²) in [6.07, 6.45) is 2.10. The highest BCUT2D eigenvalue weighted by molar-refractivity contribution is 5.94. The molecule has 2 heterocycles. The number of furan rings is 1. The first-order chi connectivity index (χ1) is 12.1. The molecule has 132 valence electrons. The van der Waals surface area contributed by atoms with Crippen LogP contribution in [-0.2, 0) is 20.9 Å². The number of nitrogens with one attached hydrogen (secondary N) is 1. The summed E-state index contributed by atoms with van der Waals surface area (Å²) in [7, 11) is 0. The van der Waals surface area contributed by atoms with Gasteiger partial charge in [0.25, 0.3) is 0 Å². The van der Waals surface area contributed by atoms with E-state index < -0.39 is 0 Å². The van der Waals surface area contributed by atoms with Gasteiger partial charge in [0, 0.05) is 12.3 Å². The number of ether oxygens (including phenoxy) is 1. The molecule has 1 aromatic carbocycles. The number of carbonyl (C=O) groups excluding carboxylic acids is 2. The highest BCUT2D eigenvalue weighted by atomic mass is 16.5. The second-order valence-electron chi connectivity index (χ2n) is 6.16. The largest absolute Gasteiger partial charge is 0.467 e. The number of benzene rings is 1. The van der Waals surface area contributed by atoms with Crippen LogP contribution in [-0.4, -0.2) is 36.0 Å². The average molecular weight is 342 g/mol. The van der Waals surface area contributed by atoms with E-state index in [0.29, 0.717) is 24.5 Å². The van der Waals surface area contributed by atoms with E-state index in [1.807, 2.05) is 37.3 Å². The van der Waals surface area contributed by atoms with Gasteiger partial charge in [0.05, 0.1) is 24.8 Å². The van der Waals surface area contributed by atoms with Crippen LogP contribution in [0, 0.1) is 5.92 Å². The number of amides is 2. The van der Waals surface area contributed by atoms with Crippen LogP contribution in [0.25, 0.3) is 0 Å². The van der Waals surface area contributed by atoms with Crippen LogP contribution in [0.5, 0.6) is 0 Å². The van der Waals surface area contributed by atoms with Crippen molar-refractivity contribution in [3.63, 3.8) is 0 Å². The van der Waals surface area contributed by atoms with Crippen molar-refractivity contribution in [3.05, 3.63) is 54.5 Å². The second kappa shape index (κ2) is 7.98. The minimum Gasteiger partial charge on any atom is -0.467 e. The molecule has 1 N–H and O–H groups in total. The summed E-state index contributed by atoms with van der Waals surface area (Å²) in [5, 5.41) is 2.81. The van der Waals surface area contributed by atoms with Gasteiger partial charge in [-0.25, -0.2) is 0 Å². The van der Waals surface area contributed by atoms with E-state index in [1.54, 1.807) is 18.4 Å². The molecule has 0 radical (unpaired) electrons. The van der Waals surface area contributed by atoms with Crippen molar-refractivity contribution in [2.75, 3.05) is 18.5 Å². The first-order valence-corrected chi connectivity index (χ1v) is 8.41. The fourth-order valence-corrected chi connectivity index (χ4v) is 2.99. The quantitative estimate of drug-likeness (QED) is 0.876. The molecular formula is C19H22N2O4. The third-order valence-corrected chi connectivity index (χ3v) is 4.32.